The molecule has 0 saturated heterocycles. The number of aliphatic carboxylic acids is 5. The molecule has 61 heavy (non-hydrogen) atoms. The lowest BCUT2D eigenvalue weighted by Crippen LogP contribution is -2.47. The number of nitrogens with zero attached hydrogens (tertiary/aromatic N) is 3. The summed E-state index contributed by atoms with van der Waals surface area (Å²) in [6, 6.07) is -0.833. The maximum atomic E-state index is 12.7. The molecule has 3 aliphatic heterocycles. The highest BCUT2D eigenvalue weighted by Crippen LogP contribution is 2.56. The average Bonchev–Trinajstić information content (AvgIpc) is 3.69. The minimum atomic E-state index is -1.22. The van der Waals surface area contributed by atoms with Gasteiger partial charge in [-0.05, 0) is 76.4 Å². The summed E-state index contributed by atoms with van der Waals surface area (Å²) in [6.45, 7) is 22.9. The molecular weight excluding hydrogens is 787 g/mol. The van der Waals surface area contributed by atoms with E-state index in [4.69, 9.17) is 28.4 Å². The third-order valence-electron chi connectivity index (χ3n) is 14.0. The van der Waals surface area contributed by atoms with Crippen LogP contribution in [0.3, 0.4) is 0 Å². The van der Waals surface area contributed by atoms with Gasteiger partial charge in [0.15, 0.2) is 0 Å². The van der Waals surface area contributed by atoms with Gasteiger partial charge in [0.2, 0.25) is 5.91 Å². The van der Waals surface area contributed by atoms with Crippen molar-refractivity contribution in [3.8, 4) is 0 Å². The monoisotopic (exact) mass is 851 g/mol. The lowest BCUT2D eigenvalue weighted by atomic mass is 9.57. The summed E-state index contributed by atoms with van der Waals surface area (Å²) in [5.41, 5.74) is 11.8. The zero-order valence-electron chi connectivity index (χ0n) is 36.9. The molecule has 3 aliphatic rings. The van der Waals surface area contributed by atoms with Crippen molar-refractivity contribution in [2.24, 2.45) is 77.7 Å². The second-order valence-electron chi connectivity index (χ2n) is 18.8. The van der Waals surface area contributed by atoms with E-state index >= 15 is 0 Å². The molecule has 3 rings (SSSR count). The van der Waals surface area contributed by atoms with Crippen LogP contribution in [0.4, 0.5) is 0 Å². The van der Waals surface area contributed by atoms with Gasteiger partial charge in [0.05, 0.1) is 18.9 Å². The number of carbonyl (C=O) groups is 6. The fourth-order valence-electron chi connectivity index (χ4n) is 10.1. The van der Waals surface area contributed by atoms with Gasteiger partial charge in [0.1, 0.15) is 0 Å². The van der Waals surface area contributed by atoms with E-state index in [1.165, 1.54) is 0 Å². The Kier molecular flexibility index (Phi) is 15.9. The number of carboxylic acids is 5. The van der Waals surface area contributed by atoms with Crippen LogP contribution in [0.1, 0.15) is 127 Å². The molecule has 336 valence electrons. The van der Waals surface area contributed by atoms with Crippen LogP contribution in [-0.2, 0) is 28.8 Å². The third kappa shape index (κ3) is 10.8. The lowest BCUT2D eigenvalue weighted by molar-refractivity contribution is -0.143. The Labute approximate surface area is 358 Å². The Bertz CT molecular complexity index is 1970. The number of allylic oxidation sites excluding steroid dienone is 6. The van der Waals surface area contributed by atoms with E-state index in [2.05, 4.69) is 4.99 Å². The van der Waals surface area contributed by atoms with Gasteiger partial charge in [-0.1, -0.05) is 47.1 Å². The van der Waals surface area contributed by atoms with Crippen molar-refractivity contribution in [1.29, 1.82) is 0 Å². The van der Waals surface area contributed by atoms with Gasteiger partial charge in [0.25, 0.3) is 0 Å². The van der Waals surface area contributed by atoms with E-state index < -0.39 is 99.5 Å². The Balaban J connectivity index is 2.39. The smallest absolute Gasteiger partial charge is 0.303 e. The molecule has 9 N–H and O–H groups in total. The average molecular weight is 852 g/mol. The van der Waals surface area contributed by atoms with E-state index in [0.29, 0.717) is 39.7 Å². The van der Waals surface area contributed by atoms with Crippen LogP contribution in [0.15, 0.2) is 49.3 Å². The summed E-state index contributed by atoms with van der Waals surface area (Å²) >= 11 is 0. The van der Waals surface area contributed by atoms with Crippen molar-refractivity contribution in [2.75, 3.05) is 0 Å². The molecule has 0 aromatic rings. The topological polar surface area (TPSA) is 293 Å². The van der Waals surface area contributed by atoms with Crippen molar-refractivity contribution < 1.29 is 54.3 Å². The normalized spacial score (nSPS) is 29.0. The molecule has 0 aromatic heterocycles. The van der Waals surface area contributed by atoms with E-state index in [-0.39, 0.29) is 57.8 Å². The van der Waals surface area contributed by atoms with Gasteiger partial charge in [-0.15, -0.1) is 0 Å². The highest BCUT2D eigenvalue weighted by molar-refractivity contribution is 6.09. The maximum absolute atomic E-state index is 12.7. The second-order valence-corrected chi connectivity index (χ2v) is 18.8. The maximum Gasteiger partial charge on any atom is 0.303 e. The summed E-state index contributed by atoms with van der Waals surface area (Å²) in [4.78, 5) is 88.1. The number of hydrogen-bond acceptors (Lipinski definition) is 10. The Morgan fingerprint density at radius 1 is 0.869 bits per heavy atom. The highest BCUT2D eigenvalue weighted by atomic mass is 16.4. The van der Waals surface area contributed by atoms with Gasteiger partial charge in [-0.25, -0.2) is 0 Å². The minimum absolute atomic E-state index is 0.0286. The predicted molar refractivity (Wildman–Crippen MR) is 230 cm³/mol. The lowest BCUT2D eigenvalue weighted by Gasteiger charge is -2.46. The quantitative estimate of drug-likeness (QED) is 0.0621. The first-order valence-electron chi connectivity index (χ1n) is 20.7. The van der Waals surface area contributed by atoms with Crippen LogP contribution in [0.2, 0.25) is 0 Å². The second kappa shape index (κ2) is 19.3. The molecule has 9 atom stereocenters. The molecule has 1 amide bonds. The molecule has 0 aliphatic carbocycles. The molecule has 16 heteroatoms. The SMILES string of the molecule is [CH]CC1(C)C(/C(C)=C2N=C(/C=C3\N=CC(C)(CC(N)=O)C3CCC(=O)O)C(C)(C)C\2CCC(=O)O)=NC(C(C)C(C)(CC(=O)O)C(CCC(=O)O)C(N)=C(C)C)C1CC(=O)O. The van der Waals surface area contributed by atoms with Gasteiger partial charge in [-0.3, -0.25) is 43.7 Å². The molecule has 9 unspecified atom stereocenters. The van der Waals surface area contributed by atoms with Crippen molar-refractivity contribution in [3.63, 3.8) is 0 Å². The zero-order chi connectivity index (χ0) is 46.6. The minimum Gasteiger partial charge on any atom is -0.481 e. The molecule has 0 saturated carbocycles. The molecule has 0 spiro atoms. The van der Waals surface area contributed by atoms with Crippen LogP contribution in [0, 0.1) is 58.2 Å². The number of nitrogens with two attached hydrogens (primary N) is 2. The van der Waals surface area contributed by atoms with Gasteiger partial charge in [-0.2, -0.15) is 0 Å². The van der Waals surface area contributed by atoms with Gasteiger partial charge < -0.3 is 37.0 Å². The summed E-state index contributed by atoms with van der Waals surface area (Å²) in [7, 11) is 0. The van der Waals surface area contributed by atoms with E-state index in [1.807, 2.05) is 20.8 Å². The number of hydrogen-bond donors (Lipinski definition) is 7. The number of primary amides is 1. The standard InChI is InChI=1S/C45H65N5O11/c1-11-44(9)29(18-36(58)59)40(25(5)45(10,21-37(60)61)27(13-16-34(54)55)38(47)23(2)3)50-41(44)24(4)39-28(14-17-35(56)57)42(6,7)31(49-39)19-30-26(12-15-33(52)53)43(8,22-48-30)20-32(46)51/h1,19,22,25-29,40H,11-18,20-21,47H2,2-10H3,(H2,46,51)(H,52,53)(H,54,55)(H,56,57)(H,58,59)(H,60,61)/b30-19-,39-24-. The van der Waals surface area contributed by atoms with Crippen molar-refractivity contribution in [2.45, 2.75) is 133 Å². The van der Waals surface area contributed by atoms with Gasteiger partial charge >= 0.3 is 29.8 Å². The molecule has 0 aromatic carbocycles. The van der Waals surface area contributed by atoms with Crippen LogP contribution in [0.5, 0.6) is 0 Å². The highest BCUT2D eigenvalue weighted by Gasteiger charge is 2.56. The molecule has 0 fully saturated rings. The first-order chi connectivity index (χ1) is 28.1. The summed E-state index contributed by atoms with van der Waals surface area (Å²) < 4.78 is 0. The molecule has 16 nitrogen and oxygen atoms in total. The summed E-state index contributed by atoms with van der Waals surface area (Å²) in [5, 5.41) is 49.8. The summed E-state index contributed by atoms with van der Waals surface area (Å²) in [5.74, 6) is -9.16. The van der Waals surface area contributed by atoms with E-state index in [1.54, 1.807) is 53.8 Å². The van der Waals surface area contributed by atoms with E-state index in [9.17, 15) is 54.3 Å². The molecule has 2 radical (unpaired) electrons. The molecule has 0 bridgehead atoms. The van der Waals surface area contributed by atoms with Gasteiger partial charge in [0, 0.05) is 100 Å². The predicted octanol–water partition coefficient (Wildman–Crippen LogP) is 6.43. The number of carbonyl (C=O) groups excluding carboxylic acids is 1. The largest absolute Gasteiger partial charge is 0.481 e. The zero-order valence-corrected chi connectivity index (χ0v) is 36.9. The van der Waals surface area contributed by atoms with E-state index in [0.717, 1.165) is 0 Å². The number of aliphatic imine (C=N–C) groups is 3. The van der Waals surface area contributed by atoms with Crippen molar-refractivity contribution in [3.05, 3.63) is 41.2 Å². The number of amides is 1. The first kappa shape index (κ1) is 50.2. The Morgan fingerprint density at radius 3 is 1.90 bits per heavy atom. The Morgan fingerprint density at radius 2 is 1.43 bits per heavy atom. The molecular formula is C45H65N5O11. The fraction of sp³-hybridized carbons (Fsp3) is 0.644. The molecule has 3 heterocycles. The number of rotatable bonds is 22. The third-order valence-corrected chi connectivity index (χ3v) is 14.0. The van der Waals surface area contributed by atoms with Crippen molar-refractivity contribution in [1.82, 2.24) is 0 Å². The summed E-state index contributed by atoms with van der Waals surface area (Å²) in [6.07, 6.45) is 2.11. The number of carboxylic acid groups (broad SMARTS) is 5. The van der Waals surface area contributed by atoms with Crippen molar-refractivity contribution >= 4 is 53.4 Å². The van der Waals surface area contributed by atoms with Crippen LogP contribution < -0.4 is 11.5 Å². The fourth-order valence-corrected chi connectivity index (χ4v) is 10.1. The van der Waals surface area contributed by atoms with Crippen LogP contribution in [-0.4, -0.2) is 85.0 Å². The first-order valence-corrected chi connectivity index (χ1v) is 20.7. The Hall–Kier alpha value is -5.15. The van der Waals surface area contributed by atoms with Crippen LogP contribution in [0.25, 0.3) is 0 Å². The van der Waals surface area contributed by atoms with Crippen LogP contribution >= 0.6 is 0 Å².